The molecule has 0 aliphatic carbocycles. The average molecular weight is 318 g/mol. The Morgan fingerprint density at radius 2 is 2.09 bits per heavy atom. The van der Waals surface area contributed by atoms with E-state index in [9.17, 15) is 0 Å². The fourth-order valence-electron chi connectivity index (χ4n) is 2.88. The Morgan fingerprint density at radius 3 is 2.86 bits per heavy atom. The number of rotatable bonds is 4. The molecule has 22 heavy (non-hydrogen) atoms. The monoisotopic (exact) mass is 317 g/mol. The first-order valence-corrected chi connectivity index (χ1v) is 7.90. The van der Waals surface area contributed by atoms with E-state index >= 15 is 0 Å². The Hall–Kier alpha value is -1.85. The first kappa shape index (κ1) is 15.1. The van der Waals surface area contributed by atoms with Gasteiger partial charge in [0.25, 0.3) is 0 Å². The van der Waals surface area contributed by atoms with Crippen LogP contribution in [0.25, 0.3) is 0 Å². The SMILES string of the molecule is Nc1nc(Cl)cc(N[C@H]2CCCN(Cc3ccccc3)C2)n1. The molecule has 0 saturated carbocycles. The maximum absolute atomic E-state index is 5.92. The van der Waals surface area contributed by atoms with Crippen LogP contribution in [0, 0.1) is 0 Å². The Bertz CT molecular complexity index is 599. The van der Waals surface area contributed by atoms with Gasteiger partial charge in [-0.3, -0.25) is 4.90 Å². The summed E-state index contributed by atoms with van der Waals surface area (Å²) in [6.07, 6.45) is 2.28. The third kappa shape index (κ3) is 4.08. The van der Waals surface area contributed by atoms with E-state index < -0.39 is 0 Å². The van der Waals surface area contributed by atoms with Gasteiger partial charge in [-0.05, 0) is 24.9 Å². The predicted octanol–water partition coefficient (Wildman–Crippen LogP) is 2.79. The number of nitrogen functional groups attached to an aromatic ring is 1. The van der Waals surface area contributed by atoms with Crippen molar-refractivity contribution in [2.75, 3.05) is 24.1 Å². The third-order valence-corrected chi connectivity index (χ3v) is 4.01. The van der Waals surface area contributed by atoms with E-state index in [0.29, 0.717) is 17.0 Å². The van der Waals surface area contributed by atoms with Gasteiger partial charge >= 0.3 is 0 Å². The van der Waals surface area contributed by atoms with Crippen LogP contribution in [0.2, 0.25) is 5.15 Å². The summed E-state index contributed by atoms with van der Waals surface area (Å²) in [6, 6.07) is 12.6. The van der Waals surface area contributed by atoms with Gasteiger partial charge in [-0.2, -0.15) is 4.98 Å². The van der Waals surface area contributed by atoms with E-state index in [1.165, 1.54) is 12.0 Å². The maximum atomic E-state index is 5.92. The van der Waals surface area contributed by atoms with Crippen molar-refractivity contribution in [2.45, 2.75) is 25.4 Å². The van der Waals surface area contributed by atoms with Crippen molar-refractivity contribution in [2.24, 2.45) is 0 Å². The minimum atomic E-state index is 0.201. The van der Waals surface area contributed by atoms with Crippen molar-refractivity contribution >= 4 is 23.4 Å². The lowest BCUT2D eigenvalue weighted by atomic mass is 10.0. The van der Waals surface area contributed by atoms with E-state index in [4.69, 9.17) is 17.3 Å². The Balaban J connectivity index is 1.60. The van der Waals surface area contributed by atoms with E-state index in [1.54, 1.807) is 6.07 Å². The molecular weight excluding hydrogens is 298 g/mol. The number of likely N-dealkylation sites (tertiary alicyclic amines) is 1. The van der Waals surface area contributed by atoms with Crippen molar-refractivity contribution in [1.29, 1.82) is 0 Å². The van der Waals surface area contributed by atoms with Crippen LogP contribution in [-0.4, -0.2) is 34.0 Å². The second-order valence-corrected chi connectivity index (χ2v) is 6.03. The van der Waals surface area contributed by atoms with Crippen molar-refractivity contribution in [1.82, 2.24) is 14.9 Å². The molecule has 2 aromatic rings. The van der Waals surface area contributed by atoms with Crippen LogP contribution in [-0.2, 0) is 6.54 Å². The molecule has 116 valence electrons. The summed E-state index contributed by atoms with van der Waals surface area (Å²) >= 11 is 5.92. The molecule has 0 unspecified atom stereocenters. The van der Waals surface area contributed by atoms with Gasteiger partial charge in [-0.15, -0.1) is 0 Å². The van der Waals surface area contributed by atoms with Crippen LogP contribution in [0.1, 0.15) is 18.4 Å². The second kappa shape index (κ2) is 6.94. The molecular formula is C16H20ClN5. The fraction of sp³-hybridized carbons (Fsp3) is 0.375. The van der Waals surface area contributed by atoms with Gasteiger partial charge in [0.1, 0.15) is 11.0 Å². The highest BCUT2D eigenvalue weighted by Gasteiger charge is 2.20. The molecule has 1 aromatic carbocycles. The highest BCUT2D eigenvalue weighted by molar-refractivity contribution is 6.29. The first-order valence-electron chi connectivity index (χ1n) is 7.52. The number of nitrogens with two attached hydrogens (primary N) is 1. The van der Waals surface area contributed by atoms with Gasteiger partial charge in [-0.25, -0.2) is 4.98 Å². The van der Waals surface area contributed by atoms with E-state index in [-0.39, 0.29) is 5.95 Å². The minimum Gasteiger partial charge on any atom is -0.368 e. The highest BCUT2D eigenvalue weighted by Crippen LogP contribution is 2.19. The Labute approximate surface area is 135 Å². The molecule has 1 saturated heterocycles. The van der Waals surface area contributed by atoms with E-state index in [2.05, 4.69) is 44.5 Å². The molecule has 1 aromatic heterocycles. The summed E-state index contributed by atoms with van der Waals surface area (Å²) in [5, 5.41) is 3.79. The van der Waals surface area contributed by atoms with Gasteiger partial charge in [0, 0.05) is 25.2 Å². The summed E-state index contributed by atoms with van der Waals surface area (Å²) in [5.74, 6) is 0.899. The molecule has 1 aliphatic heterocycles. The molecule has 2 heterocycles. The first-order chi connectivity index (χ1) is 10.7. The molecule has 1 fully saturated rings. The molecule has 3 N–H and O–H groups in total. The molecule has 5 nitrogen and oxygen atoms in total. The smallest absolute Gasteiger partial charge is 0.223 e. The van der Waals surface area contributed by atoms with Crippen LogP contribution in [0.15, 0.2) is 36.4 Å². The topological polar surface area (TPSA) is 67.1 Å². The fourth-order valence-corrected chi connectivity index (χ4v) is 3.07. The number of halogens is 1. The van der Waals surface area contributed by atoms with Crippen LogP contribution < -0.4 is 11.1 Å². The zero-order chi connectivity index (χ0) is 15.4. The lowest BCUT2D eigenvalue weighted by Crippen LogP contribution is -2.41. The predicted molar refractivity (Wildman–Crippen MR) is 89.8 cm³/mol. The summed E-state index contributed by atoms with van der Waals surface area (Å²) in [4.78, 5) is 10.5. The lowest BCUT2D eigenvalue weighted by Gasteiger charge is -2.33. The van der Waals surface area contributed by atoms with Crippen molar-refractivity contribution < 1.29 is 0 Å². The summed E-state index contributed by atoms with van der Waals surface area (Å²) in [7, 11) is 0. The maximum Gasteiger partial charge on any atom is 0.223 e. The summed E-state index contributed by atoms with van der Waals surface area (Å²) in [5.41, 5.74) is 6.98. The van der Waals surface area contributed by atoms with Gasteiger partial charge in [0.2, 0.25) is 5.95 Å². The van der Waals surface area contributed by atoms with Crippen molar-refractivity contribution in [3.63, 3.8) is 0 Å². The number of piperidine rings is 1. The molecule has 1 aliphatic rings. The number of aromatic nitrogens is 2. The van der Waals surface area contributed by atoms with Crippen LogP contribution in [0.5, 0.6) is 0 Å². The van der Waals surface area contributed by atoms with Crippen molar-refractivity contribution in [3.8, 4) is 0 Å². The van der Waals surface area contributed by atoms with Crippen LogP contribution in [0.3, 0.4) is 0 Å². The van der Waals surface area contributed by atoms with Crippen LogP contribution >= 0.6 is 11.6 Å². The van der Waals surface area contributed by atoms with E-state index in [0.717, 1.165) is 26.1 Å². The van der Waals surface area contributed by atoms with Crippen LogP contribution in [0.4, 0.5) is 11.8 Å². The summed E-state index contributed by atoms with van der Waals surface area (Å²) < 4.78 is 0. The minimum absolute atomic E-state index is 0.201. The molecule has 0 radical (unpaired) electrons. The standard InChI is InChI=1S/C16H20ClN5/c17-14-9-15(21-16(18)20-14)19-13-7-4-8-22(11-13)10-12-5-2-1-3-6-12/h1-3,5-6,9,13H,4,7-8,10-11H2,(H3,18,19,20,21)/t13-/m0/s1. The number of nitrogens with one attached hydrogen (secondary N) is 1. The Kier molecular flexibility index (Phi) is 4.75. The number of hydrogen-bond donors (Lipinski definition) is 2. The van der Waals surface area contributed by atoms with E-state index in [1.807, 2.05) is 6.07 Å². The molecule has 1 atom stereocenters. The molecule has 0 spiro atoms. The van der Waals surface area contributed by atoms with Gasteiger partial charge < -0.3 is 11.1 Å². The van der Waals surface area contributed by atoms with Crippen molar-refractivity contribution in [3.05, 3.63) is 47.1 Å². The molecule has 0 bridgehead atoms. The van der Waals surface area contributed by atoms with Gasteiger partial charge in [-0.1, -0.05) is 41.9 Å². The molecule has 3 rings (SSSR count). The Morgan fingerprint density at radius 1 is 1.27 bits per heavy atom. The number of anilines is 2. The van der Waals surface area contributed by atoms with Gasteiger partial charge in [0.05, 0.1) is 0 Å². The number of benzene rings is 1. The molecule has 0 amide bonds. The normalized spacial score (nSPS) is 19.0. The number of nitrogens with zero attached hydrogens (tertiary/aromatic N) is 3. The average Bonchev–Trinajstić information content (AvgIpc) is 2.47. The zero-order valence-corrected chi connectivity index (χ0v) is 13.1. The zero-order valence-electron chi connectivity index (χ0n) is 12.4. The third-order valence-electron chi connectivity index (χ3n) is 3.82. The second-order valence-electron chi connectivity index (χ2n) is 5.64. The molecule has 6 heteroatoms. The number of hydrogen-bond acceptors (Lipinski definition) is 5. The highest BCUT2D eigenvalue weighted by atomic mass is 35.5. The quantitative estimate of drug-likeness (QED) is 0.849. The lowest BCUT2D eigenvalue weighted by molar-refractivity contribution is 0.208. The largest absolute Gasteiger partial charge is 0.368 e. The summed E-state index contributed by atoms with van der Waals surface area (Å²) in [6.45, 7) is 3.09. The van der Waals surface area contributed by atoms with Gasteiger partial charge in [0.15, 0.2) is 0 Å².